The Morgan fingerprint density at radius 1 is 1.33 bits per heavy atom. The van der Waals surface area contributed by atoms with E-state index in [4.69, 9.17) is 4.98 Å². The van der Waals surface area contributed by atoms with Crippen LogP contribution < -0.4 is 10.6 Å². The first-order valence-corrected chi connectivity index (χ1v) is 8.39. The van der Waals surface area contributed by atoms with Gasteiger partial charge in [0.2, 0.25) is 0 Å². The minimum atomic E-state index is 0.177. The van der Waals surface area contributed by atoms with Crippen molar-refractivity contribution in [2.75, 3.05) is 19.6 Å². The fourth-order valence-electron chi connectivity index (χ4n) is 2.87. The van der Waals surface area contributed by atoms with Crippen molar-refractivity contribution in [3.8, 4) is 0 Å². The van der Waals surface area contributed by atoms with Gasteiger partial charge in [-0.25, -0.2) is 4.98 Å². The van der Waals surface area contributed by atoms with Gasteiger partial charge in [-0.1, -0.05) is 13.8 Å². The first-order chi connectivity index (χ1) is 9.87. The monoisotopic (exact) mass is 292 g/mol. The third-order valence-corrected chi connectivity index (χ3v) is 4.13. The quantitative estimate of drug-likeness (QED) is 0.877. The molecule has 120 valence electrons. The molecular formula is C17H32N4. The number of rotatable bonds is 5. The molecule has 0 aromatic carbocycles. The number of hydrogen-bond donors (Lipinski definition) is 2. The number of nitrogens with one attached hydrogen (secondary N) is 2. The molecule has 1 aliphatic rings. The van der Waals surface area contributed by atoms with Gasteiger partial charge in [0.25, 0.3) is 0 Å². The summed E-state index contributed by atoms with van der Waals surface area (Å²) in [6.45, 7) is 15.4. The third kappa shape index (κ3) is 4.82. The summed E-state index contributed by atoms with van der Waals surface area (Å²) in [5.41, 5.74) is 1.41. The van der Waals surface area contributed by atoms with E-state index in [2.05, 4.69) is 56.0 Å². The highest BCUT2D eigenvalue weighted by atomic mass is 15.1. The van der Waals surface area contributed by atoms with Crippen LogP contribution in [-0.4, -0.2) is 34.7 Å². The van der Waals surface area contributed by atoms with Crippen LogP contribution in [0.5, 0.6) is 0 Å². The predicted molar refractivity (Wildman–Crippen MR) is 88.9 cm³/mol. The van der Waals surface area contributed by atoms with E-state index in [0.29, 0.717) is 11.8 Å². The Bertz CT molecular complexity index is 436. The standard InChI is InChI=1S/C17H32N4/c1-13(2)15-12-21(11-10-19-17(3,4)5)16(20-15)14-6-8-18-9-7-14/h12-14,18-19H,6-11H2,1-5H3. The van der Waals surface area contributed by atoms with Crippen LogP contribution in [0.1, 0.15) is 70.8 Å². The minimum Gasteiger partial charge on any atom is -0.333 e. The molecule has 1 aliphatic heterocycles. The summed E-state index contributed by atoms with van der Waals surface area (Å²) >= 11 is 0. The topological polar surface area (TPSA) is 41.9 Å². The van der Waals surface area contributed by atoms with Gasteiger partial charge >= 0.3 is 0 Å². The van der Waals surface area contributed by atoms with Crippen LogP contribution in [0.25, 0.3) is 0 Å². The molecule has 0 atom stereocenters. The molecule has 2 N–H and O–H groups in total. The Morgan fingerprint density at radius 3 is 2.57 bits per heavy atom. The summed E-state index contributed by atoms with van der Waals surface area (Å²) < 4.78 is 2.39. The highest BCUT2D eigenvalue weighted by Gasteiger charge is 2.22. The Labute approximate surface area is 129 Å². The number of imidazole rings is 1. The second-order valence-electron chi connectivity index (χ2n) is 7.57. The van der Waals surface area contributed by atoms with E-state index in [-0.39, 0.29) is 5.54 Å². The van der Waals surface area contributed by atoms with Crippen molar-refractivity contribution in [3.63, 3.8) is 0 Å². The van der Waals surface area contributed by atoms with Crippen LogP contribution in [0.3, 0.4) is 0 Å². The molecule has 0 amide bonds. The fourth-order valence-corrected chi connectivity index (χ4v) is 2.87. The summed E-state index contributed by atoms with van der Waals surface area (Å²) in [4.78, 5) is 4.96. The normalized spacial score (nSPS) is 17.6. The maximum absolute atomic E-state index is 4.96. The Hall–Kier alpha value is -0.870. The third-order valence-electron chi connectivity index (χ3n) is 4.13. The molecular weight excluding hydrogens is 260 g/mol. The first-order valence-electron chi connectivity index (χ1n) is 8.39. The smallest absolute Gasteiger partial charge is 0.112 e. The molecule has 0 saturated carbocycles. The molecule has 1 aromatic rings. The molecule has 1 fully saturated rings. The number of nitrogens with zero attached hydrogens (tertiary/aromatic N) is 2. The van der Waals surface area contributed by atoms with E-state index >= 15 is 0 Å². The Balaban J connectivity index is 2.09. The summed E-state index contributed by atoms with van der Waals surface area (Å²) in [5.74, 6) is 2.42. The number of hydrogen-bond acceptors (Lipinski definition) is 3. The van der Waals surface area contributed by atoms with Gasteiger partial charge in [-0.3, -0.25) is 0 Å². The average Bonchev–Trinajstić information content (AvgIpc) is 2.83. The zero-order valence-electron chi connectivity index (χ0n) is 14.4. The summed E-state index contributed by atoms with van der Waals surface area (Å²) in [6.07, 6.45) is 4.69. The van der Waals surface area contributed by atoms with E-state index in [9.17, 15) is 0 Å². The van der Waals surface area contributed by atoms with Gasteiger partial charge in [-0.15, -0.1) is 0 Å². The zero-order valence-corrected chi connectivity index (χ0v) is 14.4. The second-order valence-corrected chi connectivity index (χ2v) is 7.57. The van der Waals surface area contributed by atoms with Crippen LogP contribution in [-0.2, 0) is 6.54 Å². The summed E-state index contributed by atoms with van der Waals surface area (Å²) in [6, 6.07) is 0. The van der Waals surface area contributed by atoms with Crippen molar-refractivity contribution in [1.82, 2.24) is 20.2 Å². The van der Waals surface area contributed by atoms with Gasteiger partial charge in [0, 0.05) is 30.7 Å². The van der Waals surface area contributed by atoms with Gasteiger partial charge < -0.3 is 15.2 Å². The second kappa shape index (κ2) is 6.93. The fraction of sp³-hybridized carbons (Fsp3) is 0.824. The lowest BCUT2D eigenvalue weighted by Gasteiger charge is -2.24. The van der Waals surface area contributed by atoms with Gasteiger partial charge in [0.1, 0.15) is 5.82 Å². The van der Waals surface area contributed by atoms with E-state index in [1.54, 1.807) is 0 Å². The molecule has 21 heavy (non-hydrogen) atoms. The first kappa shape index (κ1) is 16.5. The molecule has 1 saturated heterocycles. The molecule has 1 aromatic heterocycles. The van der Waals surface area contributed by atoms with Gasteiger partial charge in [0.15, 0.2) is 0 Å². The van der Waals surface area contributed by atoms with Crippen LogP contribution in [0.15, 0.2) is 6.20 Å². The predicted octanol–water partition coefficient (Wildman–Crippen LogP) is 2.86. The molecule has 2 rings (SSSR count). The van der Waals surface area contributed by atoms with Crippen LogP contribution in [0.4, 0.5) is 0 Å². The van der Waals surface area contributed by atoms with Crippen molar-refractivity contribution in [2.45, 2.75) is 71.4 Å². The van der Waals surface area contributed by atoms with Crippen molar-refractivity contribution < 1.29 is 0 Å². The van der Waals surface area contributed by atoms with Crippen molar-refractivity contribution in [2.24, 2.45) is 0 Å². The average molecular weight is 292 g/mol. The SMILES string of the molecule is CC(C)c1cn(CCNC(C)(C)C)c(C2CCNCC2)n1. The molecule has 0 radical (unpaired) electrons. The lowest BCUT2D eigenvalue weighted by Crippen LogP contribution is -2.38. The molecule has 0 bridgehead atoms. The highest BCUT2D eigenvalue weighted by molar-refractivity contribution is 5.12. The number of aromatic nitrogens is 2. The highest BCUT2D eigenvalue weighted by Crippen LogP contribution is 2.26. The van der Waals surface area contributed by atoms with Crippen LogP contribution in [0.2, 0.25) is 0 Å². The van der Waals surface area contributed by atoms with Crippen molar-refractivity contribution >= 4 is 0 Å². The van der Waals surface area contributed by atoms with E-state index in [1.165, 1.54) is 24.4 Å². The lowest BCUT2D eigenvalue weighted by molar-refractivity contribution is 0.396. The number of piperidine rings is 1. The Kier molecular flexibility index (Phi) is 5.44. The zero-order chi connectivity index (χ0) is 15.5. The maximum Gasteiger partial charge on any atom is 0.112 e. The van der Waals surface area contributed by atoms with Gasteiger partial charge in [0.05, 0.1) is 5.69 Å². The maximum atomic E-state index is 4.96. The lowest BCUT2D eigenvalue weighted by atomic mass is 9.97. The van der Waals surface area contributed by atoms with Crippen molar-refractivity contribution in [3.05, 3.63) is 17.7 Å². The van der Waals surface area contributed by atoms with E-state index in [1.807, 2.05) is 0 Å². The molecule has 2 heterocycles. The van der Waals surface area contributed by atoms with Gasteiger partial charge in [-0.05, 0) is 52.6 Å². The molecule has 0 unspecified atom stereocenters. The van der Waals surface area contributed by atoms with Gasteiger partial charge in [-0.2, -0.15) is 0 Å². The Morgan fingerprint density at radius 2 is 2.00 bits per heavy atom. The van der Waals surface area contributed by atoms with Crippen LogP contribution >= 0.6 is 0 Å². The molecule has 0 spiro atoms. The summed E-state index contributed by atoms with van der Waals surface area (Å²) in [5, 5.41) is 7.03. The minimum absolute atomic E-state index is 0.177. The summed E-state index contributed by atoms with van der Waals surface area (Å²) in [7, 11) is 0. The van der Waals surface area contributed by atoms with Crippen molar-refractivity contribution in [1.29, 1.82) is 0 Å². The molecule has 0 aliphatic carbocycles. The van der Waals surface area contributed by atoms with Crippen LogP contribution in [0, 0.1) is 0 Å². The molecule has 4 heteroatoms. The van der Waals surface area contributed by atoms with E-state index < -0.39 is 0 Å². The largest absolute Gasteiger partial charge is 0.333 e. The molecule has 4 nitrogen and oxygen atoms in total. The van der Waals surface area contributed by atoms with E-state index in [0.717, 1.165) is 26.2 Å².